The second kappa shape index (κ2) is 4.84. The Kier molecular flexibility index (Phi) is 3.46. The van der Waals surface area contributed by atoms with Gasteiger partial charge in [0.05, 0.1) is 12.0 Å². The molecule has 0 spiro atoms. The van der Waals surface area contributed by atoms with Gasteiger partial charge in [-0.05, 0) is 18.2 Å². The second-order valence-electron chi connectivity index (χ2n) is 3.15. The molecule has 82 valence electrons. The van der Waals surface area contributed by atoms with E-state index in [2.05, 4.69) is 20.9 Å². The highest BCUT2D eigenvalue weighted by molar-refractivity contribution is 9.10. The van der Waals surface area contributed by atoms with E-state index >= 15 is 0 Å². The summed E-state index contributed by atoms with van der Waals surface area (Å²) in [6, 6.07) is 4.33. The smallest absolute Gasteiger partial charge is 0.172 e. The molecule has 0 unspecified atom stereocenters. The summed E-state index contributed by atoms with van der Waals surface area (Å²) in [7, 11) is 0. The van der Waals surface area contributed by atoms with Crippen molar-refractivity contribution in [2.45, 2.75) is 6.42 Å². The lowest BCUT2D eigenvalue weighted by molar-refractivity contribution is 0.0989. The fourth-order valence-electron chi connectivity index (χ4n) is 1.28. The topological polar surface area (TPSA) is 30.0 Å². The number of hydrogen-bond donors (Lipinski definition) is 0. The number of aromatic nitrogens is 1. The van der Waals surface area contributed by atoms with Crippen LogP contribution in [0.15, 0.2) is 34.2 Å². The van der Waals surface area contributed by atoms with Crippen LogP contribution in [0.1, 0.15) is 15.4 Å². The van der Waals surface area contributed by atoms with Gasteiger partial charge in [0.2, 0.25) is 0 Å². The highest BCUT2D eigenvalue weighted by atomic mass is 79.9. The van der Waals surface area contributed by atoms with Gasteiger partial charge in [-0.1, -0.05) is 15.9 Å². The molecule has 0 fully saturated rings. The van der Waals surface area contributed by atoms with Gasteiger partial charge in [0.15, 0.2) is 5.78 Å². The molecule has 1 aromatic heterocycles. The van der Waals surface area contributed by atoms with Crippen LogP contribution in [-0.2, 0) is 6.42 Å². The molecule has 0 N–H and O–H groups in total. The van der Waals surface area contributed by atoms with Crippen LogP contribution in [0.2, 0.25) is 0 Å². The first-order valence-electron chi connectivity index (χ1n) is 4.53. The number of carbonyl (C=O) groups is 1. The zero-order valence-corrected chi connectivity index (χ0v) is 10.5. The van der Waals surface area contributed by atoms with E-state index < -0.39 is 5.82 Å². The first kappa shape index (κ1) is 11.4. The molecule has 16 heavy (non-hydrogen) atoms. The number of benzene rings is 1. The standard InChI is InChI=1S/C11H7BrFNOS/c12-7-1-2-9(13)8(5-7)10(15)6-11-14-3-4-16-11/h1-5H,6H2. The third kappa shape index (κ3) is 2.54. The molecule has 0 saturated carbocycles. The fourth-order valence-corrected chi connectivity index (χ4v) is 2.26. The molecule has 5 heteroatoms. The highest BCUT2D eigenvalue weighted by Crippen LogP contribution is 2.18. The molecule has 0 amide bonds. The van der Waals surface area contributed by atoms with Gasteiger partial charge in [0.25, 0.3) is 0 Å². The Morgan fingerprint density at radius 1 is 1.50 bits per heavy atom. The lowest BCUT2D eigenvalue weighted by Crippen LogP contribution is -2.05. The Hall–Kier alpha value is -1.07. The predicted molar refractivity (Wildman–Crippen MR) is 64.2 cm³/mol. The summed E-state index contributed by atoms with van der Waals surface area (Å²) in [4.78, 5) is 15.8. The summed E-state index contributed by atoms with van der Waals surface area (Å²) < 4.78 is 14.1. The van der Waals surface area contributed by atoms with Crippen LogP contribution in [0.4, 0.5) is 4.39 Å². The van der Waals surface area contributed by atoms with Crippen molar-refractivity contribution in [3.8, 4) is 0 Å². The van der Waals surface area contributed by atoms with Gasteiger partial charge in [0, 0.05) is 16.0 Å². The predicted octanol–water partition coefficient (Wildman–Crippen LogP) is 3.47. The maximum Gasteiger partial charge on any atom is 0.172 e. The Bertz CT molecular complexity index is 513. The Morgan fingerprint density at radius 3 is 3.00 bits per heavy atom. The zero-order chi connectivity index (χ0) is 11.5. The van der Waals surface area contributed by atoms with Gasteiger partial charge >= 0.3 is 0 Å². The van der Waals surface area contributed by atoms with Crippen LogP contribution >= 0.6 is 27.3 Å². The number of rotatable bonds is 3. The molecule has 0 bridgehead atoms. The monoisotopic (exact) mass is 299 g/mol. The van der Waals surface area contributed by atoms with E-state index in [9.17, 15) is 9.18 Å². The number of ketones is 1. The molecule has 0 aliphatic carbocycles. The van der Waals surface area contributed by atoms with E-state index in [1.165, 1.54) is 23.5 Å². The average Bonchev–Trinajstić information content (AvgIpc) is 2.74. The zero-order valence-electron chi connectivity index (χ0n) is 8.11. The van der Waals surface area contributed by atoms with Crippen molar-refractivity contribution in [3.63, 3.8) is 0 Å². The molecule has 1 aromatic carbocycles. The molecular formula is C11H7BrFNOS. The second-order valence-corrected chi connectivity index (χ2v) is 5.04. The summed E-state index contributed by atoms with van der Waals surface area (Å²) >= 11 is 4.60. The van der Waals surface area contributed by atoms with Crippen molar-refractivity contribution in [2.75, 3.05) is 0 Å². The van der Waals surface area contributed by atoms with Crippen molar-refractivity contribution in [2.24, 2.45) is 0 Å². The van der Waals surface area contributed by atoms with E-state index in [1.54, 1.807) is 17.6 Å². The van der Waals surface area contributed by atoms with Gasteiger partial charge in [-0.25, -0.2) is 9.37 Å². The first-order valence-corrected chi connectivity index (χ1v) is 6.20. The van der Waals surface area contributed by atoms with E-state index in [0.29, 0.717) is 9.48 Å². The van der Waals surface area contributed by atoms with Crippen LogP contribution in [0.3, 0.4) is 0 Å². The van der Waals surface area contributed by atoms with E-state index in [4.69, 9.17) is 0 Å². The quantitative estimate of drug-likeness (QED) is 0.812. The number of halogens is 2. The van der Waals surface area contributed by atoms with E-state index in [0.717, 1.165) is 0 Å². The highest BCUT2D eigenvalue weighted by Gasteiger charge is 2.13. The minimum atomic E-state index is -0.496. The number of Topliss-reactive ketones (excluding diaryl/α,β-unsaturated/α-hetero) is 1. The summed E-state index contributed by atoms with van der Waals surface area (Å²) in [5.74, 6) is -0.751. The Balaban J connectivity index is 2.24. The van der Waals surface area contributed by atoms with Crippen LogP contribution in [0.5, 0.6) is 0 Å². The lowest BCUT2D eigenvalue weighted by Gasteiger charge is -2.01. The third-order valence-electron chi connectivity index (χ3n) is 2.02. The number of nitrogens with zero attached hydrogens (tertiary/aromatic N) is 1. The summed E-state index contributed by atoms with van der Waals surface area (Å²) in [6.45, 7) is 0. The molecule has 2 rings (SSSR count). The molecule has 0 aliphatic heterocycles. The minimum absolute atomic E-state index is 0.101. The van der Waals surface area contributed by atoms with Crippen molar-refractivity contribution >= 4 is 33.0 Å². The van der Waals surface area contributed by atoms with Gasteiger partial charge in [0.1, 0.15) is 10.8 Å². The molecule has 2 nitrogen and oxygen atoms in total. The Labute approximate surface area is 104 Å². The van der Waals surface area contributed by atoms with Crippen molar-refractivity contribution < 1.29 is 9.18 Å². The van der Waals surface area contributed by atoms with Gasteiger partial charge < -0.3 is 0 Å². The normalized spacial score (nSPS) is 10.4. The summed E-state index contributed by atoms with van der Waals surface area (Å²) in [5.41, 5.74) is 0.101. The van der Waals surface area contributed by atoms with E-state index in [-0.39, 0.29) is 17.8 Å². The van der Waals surface area contributed by atoms with Crippen LogP contribution in [0.25, 0.3) is 0 Å². The van der Waals surface area contributed by atoms with Crippen molar-refractivity contribution in [1.82, 2.24) is 4.98 Å². The maximum absolute atomic E-state index is 13.4. The lowest BCUT2D eigenvalue weighted by atomic mass is 10.1. The fraction of sp³-hybridized carbons (Fsp3) is 0.0909. The number of carbonyl (C=O) groups excluding carboxylic acids is 1. The maximum atomic E-state index is 13.4. The van der Waals surface area contributed by atoms with E-state index in [1.807, 2.05) is 0 Å². The van der Waals surface area contributed by atoms with Crippen molar-refractivity contribution in [1.29, 1.82) is 0 Å². The molecule has 0 aliphatic rings. The number of thiazole rings is 1. The van der Waals surface area contributed by atoms with Gasteiger partial charge in [-0.15, -0.1) is 11.3 Å². The third-order valence-corrected chi connectivity index (χ3v) is 3.30. The van der Waals surface area contributed by atoms with Crippen LogP contribution in [-0.4, -0.2) is 10.8 Å². The summed E-state index contributed by atoms with van der Waals surface area (Å²) in [6.07, 6.45) is 1.77. The average molecular weight is 300 g/mol. The van der Waals surface area contributed by atoms with Gasteiger partial charge in [-0.3, -0.25) is 4.79 Å². The molecule has 1 heterocycles. The van der Waals surface area contributed by atoms with Gasteiger partial charge in [-0.2, -0.15) is 0 Å². The molecule has 0 atom stereocenters. The minimum Gasteiger partial charge on any atom is -0.294 e. The molecule has 0 radical (unpaired) electrons. The first-order chi connectivity index (χ1) is 7.66. The molecule has 2 aromatic rings. The summed E-state index contributed by atoms with van der Waals surface area (Å²) in [5, 5.41) is 2.49. The van der Waals surface area contributed by atoms with Crippen molar-refractivity contribution in [3.05, 3.63) is 50.6 Å². The molecule has 0 saturated heterocycles. The van der Waals surface area contributed by atoms with Crippen LogP contribution < -0.4 is 0 Å². The molecular weight excluding hydrogens is 293 g/mol. The number of hydrogen-bond acceptors (Lipinski definition) is 3. The van der Waals surface area contributed by atoms with Crippen LogP contribution in [0, 0.1) is 5.82 Å². The SMILES string of the molecule is O=C(Cc1nccs1)c1cc(Br)ccc1F. The largest absolute Gasteiger partial charge is 0.294 e. The Morgan fingerprint density at radius 2 is 2.31 bits per heavy atom.